The van der Waals surface area contributed by atoms with Gasteiger partial charge in [-0.3, -0.25) is 15.1 Å². The minimum absolute atomic E-state index is 0.151. The fourth-order valence-corrected chi connectivity index (χ4v) is 1.86. The van der Waals surface area contributed by atoms with E-state index >= 15 is 0 Å². The van der Waals surface area contributed by atoms with Crippen molar-refractivity contribution >= 4 is 33.2 Å². The monoisotopic (exact) mass is 300 g/mol. The van der Waals surface area contributed by atoms with Crippen LogP contribution in [-0.4, -0.2) is 9.91 Å². The van der Waals surface area contributed by atoms with Crippen molar-refractivity contribution in [2.45, 2.75) is 11.8 Å². The topological polar surface area (TPSA) is 56.0 Å². The zero-order chi connectivity index (χ0) is 11.6. The number of hydrogen-bond acceptors (Lipinski definition) is 3. The number of halogens is 4. The van der Waals surface area contributed by atoms with Crippen LogP contribution in [0.5, 0.6) is 0 Å². The quantitative estimate of drug-likeness (QED) is 0.488. The van der Waals surface area contributed by atoms with Crippen LogP contribution in [0.4, 0.5) is 14.5 Å². The molecule has 1 heterocycles. The average molecular weight is 301 g/mol. The predicted octanol–water partition coefficient (Wildman–Crippen LogP) is 3.48. The molecular formula is C7H4BrClF2N2O2. The smallest absolute Gasteiger partial charge is 0.258 e. The van der Waals surface area contributed by atoms with Gasteiger partial charge in [-0.15, -0.1) is 0 Å². The summed E-state index contributed by atoms with van der Waals surface area (Å²) in [5.41, 5.74) is -1.40. The molecule has 0 N–H and O–H groups in total. The molecule has 1 rings (SSSR count). The average Bonchev–Trinajstić information content (AvgIpc) is 2.16. The number of aromatic nitrogens is 1. The zero-order valence-electron chi connectivity index (χ0n) is 7.08. The van der Waals surface area contributed by atoms with Gasteiger partial charge in [0.15, 0.2) is 0 Å². The van der Waals surface area contributed by atoms with Gasteiger partial charge in [-0.05, 0) is 0 Å². The Bertz CT molecular complexity index is 403. The summed E-state index contributed by atoms with van der Waals surface area (Å²) in [5, 5.41) is 10.2. The van der Waals surface area contributed by atoms with E-state index in [1.165, 1.54) is 0 Å². The lowest BCUT2D eigenvalue weighted by Gasteiger charge is -2.06. The summed E-state index contributed by atoms with van der Waals surface area (Å²) in [6.07, 6.45) is -2.22. The maximum absolute atomic E-state index is 12.5. The molecule has 0 aromatic carbocycles. The molecule has 0 fully saturated rings. The minimum Gasteiger partial charge on any atom is -0.258 e. The lowest BCUT2D eigenvalue weighted by molar-refractivity contribution is -0.386. The van der Waals surface area contributed by atoms with Crippen LogP contribution in [-0.2, 0) is 5.33 Å². The summed E-state index contributed by atoms with van der Waals surface area (Å²) in [5.74, 6) is 0. The maximum atomic E-state index is 12.5. The van der Waals surface area contributed by atoms with Crippen molar-refractivity contribution in [3.05, 3.63) is 32.6 Å². The Morgan fingerprint density at radius 3 is 2.67 bits per heavy atom. The van der Waals surface area contributed by atoms with Gasteiger partial charge < -0.3 is 0 Å². The van der Waals surface area contributed by atoms with Crippen LogP contribution in [0.25, 0.3) is 0 Å². The molecule has 0 unspecified atom stereocenters. The fourth-order valence-electron chi connectivity index (χ4n) is 0.979. The van der Waals surface area contributed by atoms with Crippen LogP contribution in [0.1, 0.15) is 17.7 Å². The second-order valence-electron chi connectivity index (χ2n) is 2.51. The Kier molecular flexibility index (Phi) is 3.92. The molecule has 0 amide bonds. The predicted molar refractivity (Wildman–Crippen MR) is 53.5 cm³/mol. The van der Waals surface area contributed by atoms with Crippen molar-refractivity contribution in [1.82, 2.24) is 4.98 Å². The third-order valence-electron chi connectivity index (χ3n) is 1.65. The van der Waals surface area contributed by atoms with Crippen molar-refractivity contribution < 1.29 is 13.7 Å². The van der Waals surface area contributed by atoms with Crippen molar-refractivity contribution in [2.75, 3.05) is 0 Å². The van der Waals surface area contributed by atoms with Gasteiger partial charge >= 0.3 is 0 Å². The number of rotatable bonds is 3. The van der Waals surface area contributed by atoms with Crippen LogP contribution in [0.2, 0.25) is 5.02 Å². The molecule has 0 saturated carbocycles. The number of nitrogens with zero attached hydrogens (tertiary/aromatic N) is 2. The normalized spacial score (nSPS) is 10.7. The second-order valence-corrected chi connectivity index (χ2v) is 3.45. The number of nitro groups is 1. The lowest BCUT2D eigenvalue weighted by Crippen LogP contribution is -2.01. The Labute approximate surface area is 96.5 Å². The highest BCUT2D eigenvalue weighted by Crippen LogP contribution is 2.36. The fraction of sp³-hybridized carbons (Fsp3) is 0.286. The van der Waals surface area contributed by atoms with Crippen LogP contribution in [0.15, 0.2) is 6.20 Å². The van der Waals surface area contributed by atoms with E-state index in [4.69, 9.17) is 11.6 Å². The summed E-state index contributed by atoms with van der Waals surface area (Å²) in [4.78, 5) is 13.1. The Balaban J connectivity index is 3.44. The Morgan fingerprint density at radius 2 is 2.27 bits per heavy atom. The molecule has 8 heteroatoms. The molecule has 0 saturated heterocycles. The van der Waals surface area contributed by atoms with Crippen LogP contribution in [0.3, 0.4) is 0 Å². The summed E-state index contributed by atoms with van der Waals surface area (Å²) < 4.78 is 25.1. The van der Waals surface area contributed by atoms with Gasteiger partial charge in [0.2, 0.25) is 0 Å². The van der Waals surface area contributed by atoms with E-state index in [2.05, 4.69) is 20.9 Å². The third kappa shape index (κ3) is 2.40. The first-order valence-corrected chi connectivity index (χ1v) is 5.14. The number of hydrogen-bond donors (Lipinski definition) is 0. The highest BCUT2D eigenvalue weighted by molar-refractivity contribution is 9.08. The van der Waals surface area contributed by atoms with Crippen LogP contribution in [0, 0.1) is 10.1 Å². The third-order valence-corrected chi connectivity index (χ3v) is 2.60. The van der Waals surface area contributed by atoms with E-state index in [1.807, 2.05) is 0 Å². The van der Waals surface area contributed by atoms with E-state index in [-0.39, 0.29) is 16.0 Å². The molecular weight excluding hydrogens is 297 g/mol. The van der Waals surface area contributed by atoms with Crippen molar-refractivity contribution in [1.29, 1.82) is 0 Å². The van der Waals surface area contributed by atoms with Crippen molar-refractivity contribution in [3.8, 4) is 0 Å². The minimum atomic E-state index is -3.00. The van der Waals surface area contributed by atoms with Crippen molar-refractivity contribution in [2.24, 2.45) is 0 Å². The van der Waals surface area contributed by atoms with E-state index in [9.17, 15) is 18.9 Å². The molecule has 0 radical (unpaired) electrons. The first kappa shape index (κ1) is 12.3. The molecule has 82 valence electrons. The van der Waals surface area contributed by atoms with Gasteiger partial charge in [0.1, 0.15) is 11.8 Å². The van der Waals surface area contributed by atoms with Gasteiger partial charge in [-0.2, -0.15) is 0 Å². The van der Waals surface area contributed by atoms with E-state index in [1.54, 1.807) is 0 Å². The molecule has 0 atom stereocenters. The molecule has 1 aromatic rings. The molecule has 0 bridgehead atoms. The molecule has 0 aliphatic rings. The zero-order valence-corrected chi connectivity index (χ0v) is 9.43. The Morgan fingerprint density at radius 1 is 1.67 bits per heavy atom. The standard InChI is InChI=1S/C7H4BrClF2N2O2/c8-1-3-6(9)5(7(10)11)4(2-12-3)13(14)15/h2,7H,1H2. The number of alkyl halides is 3. The van der Waals surface area contributed by atoms with Crippen LogP contribution < -0.4 is 0 Å². The van der Waals surface area contributed by atoms with Gasteiger partial charge in [0.25, 0.3) is 12.1 Å². The van der Waals surface area contributed by atoms with E-state index < -0.39 is 22.6 Å². The van der Waals surface area contributed by atoms with Gasteiger partial charge in [-0.1, -0.05) is 27.5 Å². The highest BCUT2D eigenvalue weighted by Gasteiger charge is 2.27. The summed E-state index contributed by atoms with van der Waals surface area (Å²) in [7, 11) is 0. The van der Waals surface area contributed by atoms with E-state index in [0.29, 0.717) is 0 Å². The molecule has 4 nitrogen and oxygen atoms in total. The first-order chi connectivity index (χ1) is 6.99. The number of pyridine rings is 1. The van der Waals surface area contributed by atoms with E-state index in [0.717, 1.165) is 6.20 Å². The summed E-state index contributed by atoms with van der Waals surface area (Å²) in [6.45, 7) is 0. The summed E-state index contributed by atoms with van der Waals surface area (Å²) in [6, 6.07) is 0. The first-order valence-electron chi connectivity index (χ1n) is 3.64. The highest BCUT2D eigenvalue weighted by atomic mass is 79.9. The molecule has 1 aromatic heterocycles. The largest absolute Gasteiger partial charge is 0.297 e. The van der Waals surface area contributed by atoms with Crippen LogP contribution >= 0.6 is 27.5 Å². The lowest BCUT2D eigenvalue weighted by atomic mass is 10.2. The molecule has 0 spiro atoms. The van der Waals surface area contributed by atoms with Gasteiger partial charge in [0, 0.05) is 5.33 Å². The SMILES string of the molecule is O=[N+]([O-])c1cnc(CBr)c(Cl)c1C(F)F. The van der Waals surface area contributed by atoms with Gasteiger partial charge in [-0.25, -0.2) is 8.78 Å². The molecule has 0 aliphatic carbocycles. The van der Waals surface area contributed by atoms with Gasteiger partial charge in [0.05, 0.1) is 15.6 Å². The molecule has 15 heavy (non-hydrogen) atoms. The summed E-state index contributed by atoms with van der Waals surface area (Å²) >= 11 is 8.57. The van der Waals surface area contributed by atoms with Crippen molar-refractivity contribution in [3.63, 3.8) is 0 Å². The maximum Gasteiger partial charge on any atom is 0.297 e. The molecule has 0 aliphatic heterocycles. The Hall–Kier alpha value is -0.820. The second kappa shape index (κ2) is 4.80.